The average molecular weight is 428 g/mol. The van der Waals surface area contributed by atoms with Gasteiger partial charge in [-0.2, -0.15) is 4.31 Å². The zero-order valence-electron chi connectivity index (χ0n) is 14.9. The Kier molecular flexibility index (Phi) is 5.76. The number of hydrogen-bond donors (Lipinski definition) is 0. The third-order valence-corrected chi connectivity index (χ3v) is 7.06. The fourth-order valence-electron chi connectivity index (χ4n) is 2.97. The van der Waals surface area contributed by atoms with Crippen molar-refractivity contribution in [2.75, 3.05) is 26.2 Å². The second-order valence-corrected chi connectivity index (χ2v) is 9.13. The molecule has 3 rings (SSSR count). The number of carbonyl (C=O) groups is 1. The first-order chi connectivity index (χ1) is 12.7. The minimum atomic E-state index is -3.61. The molecule has 1 aliphatic heterocycles. The average Bonchev–Trinajstić information content (AvgIpc) is 2.65. The van der Waals surface area contributed by atoms with Crippen LogP contribution in [0.3, 0.4) is 0 Å². The molecule has 1 aromatic carbocycles. The first-order valence-corrected chi connectivity index (χ1v) is 10.6. The Morgan fingerprint density at radius 1 is 1.04 bits per heavy atom. The number of aryl methyl sites for hydroxylation is 2. The van der Waals surface area contributed by atoms with Crippen LogP contribution in [-0.2, 0) is 10.0 Å². The number of piperazine rings is 1. The van der Waals surface area contributed by atoms with Crippen molar-refractivity contribution < 1.29 is 13.2 Å². The molecule has 0 unspecified atom stereocenters. The normalized spacial score (nSPS) is 15.8. The Morgan fingerprint density at radius 2 is 1.70 bits per heavy atom. The van der Waals surface area contributed by atoms with Gasteiger partial charge in [-0.15, -0.1) is 0 Å². The standard InChI is InChI=1S/C18H19Cl2N3O3S/c1-12-3-4-13(2)15(11-12)27(25,26)23-9-7-22(8-10-23)18(24)17-14(19)5-6-16(20)21-17/h3-6,11H,7-10H2,1-2H3. The quantitative estimate of drug-likeness (QED) is 0.705. The van der Waals surface area contributed by atoms with Crippen LogP contribution in [0, 0.1) is 13.8 Å². The topological polar surface area (TPSA) is 70.6 Å². The molecule has 0 spiro atoms. The van der Waals surface area contributed by atoms with Gasteiger partial charge in [0, 0.05) is 26.2 Å². The molecule has 1 aromatic heterocycles. The maximum absolute atomic E-state index is 13.0. The van der Waals surface area contributed by atoms with E-state index >= 15 is 0 Å². The maximum atomic E-state index is 13.0. The fraction of sp³-hybridized carbons (Fsp3) is 0.333. The molecule has 1 saturated heterocycles. The van der Waals surface area contributed by atoms with E-state index in [-0.39, 0.29) is 48.0 Å². The van der Waals surface area contributed by atoms with Crippen LogP contribution in [0.5, 0.6) is 0 Å². The highest BCUT2D eigenvalue weighted by Crippen LogP contribution is 2.24. The van der Waals surface area contributed by atoms with Crippen LogP contribution in [0.25, 0.3) is 0 Å². The zero-order chi connectivity index (χ0) is 19.8. The minimum Gasteiger partial charge on any atom is -0.335 e. The van der Waals surface area contributed by atoms with E-state index in [4.69, 9.17) is 23.2 Å². The molecule has 1 fully saturated rings. The van der Waals surface area contributed by atoms with E-state index in [9.17, 15) is 13.2 Å². The van der Waals surface area contributed by atoms with Crippen LogP contribution < -0.4 is 0 Å². The van der Waals surface area contributed by atoms with Gasteiger partial charge in [-0.05, 0) is 43.2 Å². The summed E-state index contributed by atoms with van der Waals surface area (Å²) in [6.07, 6.45) is 0. The van der Waals surface area contributed by atoms with Crippen molar-refractivity contribution in [3.05, 3.63) is 57.3 Å². The molecule has 27 heavy (non-hydrogen) atoms. The monoisotopic (exact) mass is 427 g/mol. The summed E-state index contributed by atoms with van der Waals surface area (Å²) in [7, 11) is -3.61. The fourth-order valence-corrected chi connectivity index (χ4v) is 5.04. The number of pyridine rings is 1. The Bertz CT molecular complexity index is 987. The molecule has 1 aliphatic rings. The molecule has 9 heteroatoms. The van der Waals surface area contributed by atoms with Gasteiger partial charge in [-0.25, -0.2) is 13.4 Å². The first kappa shape index (κ1) is 20.1. The van der Waals surface area contributed by atoms with E-state index in [0.717, 1.165) is 5.56 Å². The molecule has 1 amide bonds. The van der Waals surface area contributed by atoms with E-state index in [1.165, 1.54) is 16.4 Å². The smallest absolute Gasteiger partial charge is 0.274 e. The Balaban J connectivity index is 1.76. The summed E-state index contributed by atoms with van der Waals surface area (Å²) in [4.78, 5) is 18.5. The van der Waals surface area contributed by atoms with Crippen molar-refractivity contribution in [3.63, 3.8) is 0 Å². The minimum absolute atomic E-state index is 0.0787. The molecule has 144 valence electrons. The number of carbonyl (C=O) groups excluding carboxylic acids is 1. The van der Waals surface area contributed by atoms with Crippen LogP contribution in [0.15, 0.2) is 35.2 Å². The number of aromatic nitrogens is 1. The number of amides is 1. The van der Waals surface area contributed by atoms with Crippen molar-refractivity contribution >= 4 is 39.1 Å². The maximum Gasteiger partial charge on any atom is 0.274 e. The van der Waals surface area contributed by atoms with Crippen LogP contribution in [-0.4, -0.2) is 54.7 Å². The molecule has 0 saturated carbocycles. The molecule has 0 aliphatic carbocycles. The molecular formula is C18H19Cl2N3O3S. The Hall–Kier alpha value is -1.67. The highest BCUT2D eigenvalue weighted by Gasteiger charge is 2.32. The molecule has 0 atom stereocenters. The molecule has 0 bridgehead atoms. The summed E-state index contributed by atoms with van der Waals surface area (Å²) in [6.45, 7) is 4.57. The number of nitrogens with zero attached hydrogens (tertiary/aromatic N) is 3. The van der Waals surface area contributed by atoms with Crippen LogP contribution in [0.4, 0.5) is 0 Å². The molecule has 6 nitrogen and oxygen atoms in total. The van der Waals surface area contributed by atoms with Crippen LogP contribution in [0.1, 0.15) is 21.6 Å². The highest BCUT2D eigenvalue weighted by atomic mass is 35.5. The summed E-state index contributed by atoms with van der Waals surface area (Å²) in [6, 6.07) is 8.39. The molecule has 2 aromatic rings. The number of hydrogen-bond acceptors (Lipinski definition) is 4. The van der Waals surface area contributed by atoms with Crippen molar-refractivity contribution in [2.24, 2.45) is 0 Å². The predicted octanol–water partition coefficient (Wildman–Crippen LogP) is 3.15. The van der Waals surface area contributed by atoms with Gasteiger partial charge in [0.15, 0.2) is 0 Å². The van der Waals surface area contributed by atoms with E-state index < -0.39 is 10.0 Å². The van der Waals surface area contributed by atoms with Gasteiger partial charge in [0.1, 0.15) is 10.8 Å². The second-order valence-electron chi connectivity index (χ2n) is 6.43. The largest absolute Gasteiger partial charge is 0.335 e. The van der Waals surface area contributed by atoms with E-state index in [1.807, 2.05) is 13.0 Å². The lowest BCUT2D eigenvalue weighted by Gasteiger charge is -2.34. The van der Waals surface area contributed by atoms with Gasteiger partial charge in [0.2, 0.25) is 10.0 Å². The third kappa shape index (κ3) is 4.11. The third-order valence-electron chi connectivity index (χ3n) is 4.50. The summed E-state index contributed by atoms with van der Waals surface area (Å²) >= 11 is 11.9. The first-order valence-electron chi connectivity index (χ1n) is 8.39. The Labute approximate surface area is 168 Å². The molecule has 0 radical (unpaired) electrons. The summed E-state index contributed by atoms with van der Waals surface area (Å²) in [5.41, 5.74) is 1.67. The lowest BCUT2D eigenvalue weighted by Crippen LogP contribution is -2.50. The van der Waals surface area contributed by atoms with E-state index in [0.29, 0.717) is 10.5 Å². The summed E-state index contributed by atoms with van der Waals surface area (Å²) < 4.78 is 27.4. The molecular weight excluding hydrogens is 409 g/mol. The SMILES string of the molecule is Cc1ccc(C)c(S(=O)(=O)N2CCN(C(=O)c3nc(Cl)ccc3Cl)CC2)c1. The van der Waals surface area contributed by atoms with Gasteiger partial charge in [-0.1, -0.05) is 35.3 Å². The lowest BCUT2D eigenvalue weighted by atomic mass is 10.2. The second kappa shape index (κ2) is 7.75. The summed E-state index contributed by atoms with van der Waals surface area (Å²) in [5, 5.41) is 0.397. The van der Waals surface area contributed by atoms with Gasteiger partial charge in [0.25, 0.3) is 5.91 Å². The van der Waals surface area contributed by atoms with E-state index in [1.54, 1.807) is 24.0 Å². The van der Waals surface area contributed by atoms with Gasteiger partial charge in [0.05, 0.1) is 9.92 Å². The van der Waals surface area contributed by atoms with Crippen LogP contribution >= 0.6 is 23.2 Å². The predicted molar refractivity (Wildman–Crippen MR) is 105 cm³/mol. The van der Waals surface area contributed by atoms with Gasteiger partial charge < -0.3 is 4.90 Å². The van der Waals surface area contributed by atoms with Gasteiger partial charge >= 0.3 is 0 Å². The number of sulfonamides is 1. The number of benzene rings is 1. The Morgan fingerprint density at radius 3 is 2.37 bits per heavy atom. The van der Waals surface area contributed by atoms with Crippen LogP contribution in [0.2, 0.25) is 10.2 Å². The molecule has 2 heterocycles. The van der Waals surface area contributed by atoms with E-state index in [2.05, 4.69) is 4.98 Å². The summed E-state index contributed by atoms with van der Waals surface area (Å²) in [5.74, 6) is -0.355. The number of rotatable bonds is 3. The van der Waals surface area contributed by atoms with Crippen molar-refractivity contribution in [3.8, 4) is 0 Å². The van der Waals surface area contributed by atoms with Crippen molar-refractivity contribution in [1.82, 2.24) is 14.2 Å². The van der Waals surface area contributed by atoms with Crippen molar-refractivity contribution in [2.45, 2.75) is 18.7 Å². The lowest BCUT2D eigenvalue weighted by molar-refractivity contribution is 0.0692. The number of halogens is 2. The highest BCUT2D eigenvalue weighted by molar-refractivity contribution is 7.89. The zero-order valence-corrected chi connectivity index (χ0v) is 17.3. The molecule has 0 N–H and O–H groups in total. The van der Waals surface area contributed by atoms with Gasteiger partial charge in [-0.3, -0.25) is 4.79 Å². The van der Waals surface area contributed by atoms with Crippen molar-refractivity contribution in [1.29, 1.82) is 0 Å².